The second kappa shape index (κ2) is 7.61. The van der Waals surface area contributed by atoms with Crippen LogP contribution in [0.2, 0.25) is 0 Å². The number of halogens is 1. The first-order chi connectivity index (χ1) is 10.8. The van der Waals surface area contributed by atoms with E-state index >= 15 is 0 Å². The number of aliphatic hydroxyl groups excluding tert-OH is 7. The molecular weight excluding hydrogens is 323 g/mol. The van der Waals surface area contributed by atoms with Gasteiger partial charge in [-0.1, -0.05) is 0 Å². The minimum absolute atomic E-state index is 0.687. The van der Waals surface area contributed by atoms with Gasteiger partial charge in [-0.3, -0.25) is 0 Å². The fourth-order valence-electron chi connectivity index (χ4n) is 2.47. The van der Waals surface area contributed by atoms with E-state index in [0.29, 0.717) is 0 Å². The van der Waals surface area contributed by atoms with Crippen LogP contribution in [0.4, 0.5) is 4.39 Å². The Hall–Kier alpha value is -0.470. The number of ether oxygens (including phenoxy) is 3. The molecule has 10 atom stereocenters. The molecule has 0 aromatic rings. The molecule has 0 amide bonds. The van der Waals surface area contributed by atoms with Crippen LogP contribution in [0, 0.1) is 0 Å². The summed E-state index contributed by atoms with van der Waals surface area (Å²) < 4.78 is 28.7. The Balaban J connectivity index is 2.07. The first-order valence-corrected chi connectivity index (χ1v) is 7.04. The highest BCUT2D eigenvalue weighted by molar-refractivity contribution is 4.92. The monoisotopic (exact) mass is 344 g/mol. The van der Waals surface area contributed by atoms with Crippen LogP contribution >= 0.6 is 0 Å². The minimum atomic E-state index is -2.05. The lowest BCUT2D eigenvalue weighted by Crippen LogP contribution is -2.63. The fourth-order valence-corrected chi connectivity index (χ4v) is 2.47. The molecule has 2 aliphatic rings. The average Bonchev–Trinajstić information content (AvgIpc) is 2.55. The first-order valence-electron chi connectivity index (χ1n) is 7.04. The Labute approximate surface area is 130 Å². The Morgan fingerprint density at radius 2 is 1.17 bits per heavy atom. The molecule has 2 rings (SSSR count). The summed E-state index contributed by atoms with van der Waals surface area (Å²) in [7, 11) is 0. The van der Waals surface area contributed by atoms with Crippen molar-refractivity contribution in [2.45, 2.75) is 61.5 Å². The predicted octanol–water partition coefficient (Wildman–Crippen LogP) is -4.42. The molecule has 0 bridgehead atoms. The predicted molar refractivity (Wildman–Crippen MR) is 67.5 cm³/mol. The number of aliphatic hydroxyl groups is 7. The third kappa shape index (κ3) is 3.64. The van der Waals surface area contributed by atoms with Crippen molar-refractivity contribution in [2.24, 2.45) is 0 Å². The van der Waals surface area contributed by atoms with Crippen LogP contribution in [0.3, 0.4) is 0 Å². The summed E-state index contributed by atoms with van der Waals surface area (Å²) in [6.45, 7) is -1.48. The number of alkyl halides is 1. The molecule has 10 nitrogen and oxygen atoms in total. The highest BCUT2D eigenvalue weighted by atomic mass is 19.1. The first kappa shape index (κ1) is 18.9. The molecule has 0 aliphatic carbocycles. The van der Waals surface area contributed by atoms with Gasteiger partial charge in [-0.25, -0.2) is 4.39 Å². The van der Waals surface area contributed by atoms with E-state index in [2.05, 4.69) is 0 Å². The third-order valence-electron chi connectivity index (χ3n) is 3.92. The third-order valence-corrected chi connectivity index (χ3v) is 3.92. The number of hydrogen-bond donors (Lipinski definition) is 7. The SMILES string of the molecule is OC[C@H]1O[C@H](O[C@H]2O[C@H](CO)[C@@H]([19F])[C@H](O)[C@H]2O)[C@H](O)[C@@H](O)[C@@H]1O. The Morgan fingerprint density at radius 1 is 0.696 bits per heavy atom. The van der Waals surface area contributed by atoms with Gasteiger partial charge in [0.05, 0.1) is 13.2 Å². The zero-order chi connectivity index (χ0) is 17.3. The number of rotatable bonds is 4. The molecule has 0 saturated carbocycles. The molecule has 2 aliphatic heterocycles. The van der Waals surface area contributed by atoms with Crippen LogP contribution in [0.1, 0.15) is 0 Å². The minimum Gasteiger partial charge on any atom is -0.394 e. The Morgan fingerprint density at radius 3 is 1.70 bits per heavy atom. The van der Waals surface area contributed by atoms with E-state index in [1.165, 1.54) is 0 Å². The molecule has 0 unspecified atom stereocenters. The summed E-state index contributed by atoms with van der Waals surface area (Å²) in [5.41, 5.74) is 0. The Bertz CT molecular complexity index is 349. The van der Waals surface area contributed by atoms with Crippen molar-refractivity contribution in [2.75, 3.05) is 13.2 Å². The molecule has 11 heteroatoms. The van der Waals surface area contributed by atoms with E-state index in [1.807, 2.05) is 0 Å². The summed E-state index contributed by atoms with van der Waals surface area (Å²) >= 11 is 0. The van der Waals surface area contributed by atoms with Crippen molar-refractivity contribution in [3.8, 4) is 0 Å². The van der Waals surface area contributed by atoms with Crippen molar-refractivity contribution in [3.05, 3.63) is 0 Å². The zero-order valence-corrected chi connectivity index (χ0v) is 11.9. The summed E-state index contributed by atoms with van der Waals surface area (Å²) in [5.74, 6) is 0. The molecule has 2 fully saturated rings. The van der Waals surface area contributed by atoms with Crippen molar-refractivity contribution in [3.63, 3.8) is 0 Å². The van der Waals surface area contributed by atoms with E-state index in [1.54, 1.807) is 0 Å². The molecule has 2 heterocycles. The maximum absolute atomic E-state index is 13.6. The highest BCUT2D eigenvalue weighted by Crippen LogP contribution is 2.28. The Kier molecular flexibility index (Phi) is 6.24. The molecule has 2 saturated heterocycles. The van der Waals surface area contributed by atoms with Crippen LogP contribution < -0.4 is 0 Å². The van der Waals surface area contributed by atoms with Gasteiger partial charge in [-0.05, 0) is 0 Å². The van der Waals surface area contributed by atoms with Crippen LogP contribution in [0.15, 0.2) is 0 Å². The van der Waals surface area contributed by atoms with Gasteiger partial charge in [-0.15, -0.1) is 0 Å². The van der Waals surface area contributed by atoms with Crippen molar-refractivity contribution in [1.29, 1.82) is 0 Å². The van der Waals surface area contributed by atoms with E-state index in [4.69, 9.17) is 24.4 Å². The maximum Gasteiger partial charge on any atom is 0.189 e. The molecule has 23 heavy (non-hydrogen) atoms. The molecule has 7 N–H and O–H groups in total. The molecule has 0 radical (unpaired) electrons. The molecule has 136 valence electrons. The maximum atomic E-state index is 13.6. The molecule has 0 aromatic heterocycles. The van der Waals surface area contributed by atoms with Gasteiger partial charge in [0.15, 0.2) is 18.8 Å². The lowest BCUT2D eigenvalue weighted by atomic mass is 9.98. The zero-order valence-electron chi connectivity index (χ0n) is 11.9. The largest absolute Gasteiger partial charge is 0.394 e. The van der Waals surface area contributed by atoms with Gasteiger partial charge in [0, 0.05) is 0 Å². The summed E-state index contributed by atoms with van der Waals surface area (Å²) in [4.78, 5) is 0. The van der Waals surface area contributed by atoms with E-state index in [-0.39, 0.29) is 0 Å². The topological polar surface area (TPSA) is 169 Å². The number of hydrogen-bond acceptors (Lipinski definition) is 10. The standard InChI is InChI=1S/C12H21FO10/c13-5-3(1-14)21-11(9(19)7(5)17)23-12-10(20)8(18)6(16)4(2-15)22-12/h3-12,14-20H,1-2H2/t3-,4-,5-,6-,7+,8+,9-,10-,11-,12-/m1/s1/i13+0. The second-order valence-electron chi connectivity index (χ2n) is 5.48. The van der Waals surface area contributed by atoms with Gasteiger partial charge in [0.2, 0.25) is 0 Å². The van der Waals surface area contributed by atoms with Gasteiger partial charge < -0.3 is 50.0 Å². The van der Waals surface area contributed by atoms with Crippen LogP contribution in [-0.4, -0.2) is 110 Å². The highest BCUT2D eigenvalue weighted by Gasteiger charge is 2.50. The van der Waals surface area contributed by atoms with E-state index in [9.17, 15) is 29.9 Å². The fraction of sp³-hybridized carbons (Fsp3) is 1.00. The molecular formula is C12H21FO10. The van der Waals surface area contributed by atoms with Crippen LogP contribution in [0.5, 0.6) is 0 Å². The molecule has 0 aromatic carbocycles. The van der Waals surface area contributed by atoms with Crippen LogP contribution in [0.25, 0.3) is 0 Å². The van der Waals surface area contributed by atoms with Gasteiger partial charge in [0.1, 0.15) is 42.7 Å². The van der Waals surface area contributed by atoms with E-state index < -0.39 is 74.7 Å². The van der Waals surface area contributed by atoms with Crippen molar-refractivity contribution < 1.29 is 54.3 Å². The van der Waals surface area contributed by atoms with Gasteiger partial charge >= 0.3 is 0 Å². The van der Waals surface area contributed by atoms with E-state index in [0.717, 1.165) is 0 Å². The lowest BCUT2D eigenvalue weighted by Gasteiger charge is -2.44. The van der Waals surface area contributed by atoms with Gasteiger partial charge in [-0.2, -0.15) is 0 Å². The lowest BCUT2D eigenvalue weighted by molar-refractivity contribution is -0.373. The van der Waals surface area contributed by atoms with Crippen LogP contribution in [-0.2, 0) is 14.2 Å². The molecule has 0 spiro atoms. The summed E-state index contributed by atoms with van der Waals surface area (Å²) in [5, 5.41) is 66.5. The van der Waals surface area contributed by atoms with Crippen molar-refractivity contribution >= 4 is 0 Å². The smallest absolute Gasteiger partial charge is 0.189 e. The summed E-state index contributed by atoms with van der Waals surface area (Å²) in [6, 6.07) is 0. The van der Waals surface area contributed by atoms with Crippen molar-refractivity contribution in [1.82, 2.24) is 0 Å². The summed E-state index contributed by atoms with van der Waals surface area (Å²) in [6.07, 6.45) is -16.9. The second-order valence-corrected chi connectivity index (χ2v) is 5.48. The van der Waals surface area contributed by atoms with Gasteiger partial charge in [0.25, 0.3) is 0 Å². The normalized spacial score (nSPS) is 51.7. The quantitative estimate of drug-likeness (QED) is 0.264. The average molecular weight is 344 g/mol.